The summed E-state index contributed by atoms with van der Waals surface area (Å²) in [5.41, 5.74) is 0. The summed E-state index contributed by atoms with van der Waals surface area (Å²) < 4.78 is 10.3. The van der Waals surface area contributed by atoms with E-state index in [-0.39, 0.29) is 0 Å². The van der Waals surface area contributed by atoms with Crippen molar-refractivity contribution in [3.05, 3.63) is 18.4 Å². The minimum absolute atomic E-state index is 0.482. The van der Waals surface area contributed by atoms with Gasteiger partial charge < -0.3 is 14.5 Å². The number of nitrogens with zero attached hydrogens (tertiary/aromatic N) is 1. The quantitative estimate of drug-likeness (QED) is 0.716. The van der Waals surface area contributed by atoms with Crippen LogP contribution in [0.5, 0.6) is 0 Å². The molecule has 2 heterocycles. The molecular weight excluding hydrogens is 156 g/mol. The van der Waals surface area contributed by atoms with Gasteiger partial charge in [-0.2, -0.15) is 0 Å². The summed E-state index contributed by atoms with van der Waals surface area (Å²) in [5, 5.41) is 3.33. The van der Waals surface area contributed by atoms with E-state index in [0.29, 0.717) is 6.04 Å². The highest BCUT2D eigenvalue weighted by Crippen LogP contribution is 2.04. The van der Waals surface area contributed by atoms with E-state index in [1.807, 2.05) is 0 Å². The molecular formula is C8H12N2O2. The van der Waals surface area contributed by atoms with E-state index in [4.69, 9.17) is 9.15 Å². The second-order valence-corrected chi connectivity index (χ2v) is 2.91. The van der Waals surface area contributed by atoms with Crippen molar-refractivity contribution in [2.45, 2.75) is 19.0 Å². The number of hydrogen-bond acceptors (Lipinski definition) is 4. The Labute approximate surface area is 70.9 Å². The molecule has 1 unspecified atom stereocenters. The van der Waals surface area contributed by atoms with Crippen LogP contribution in [0.1, 0.15) is 12.2 Å². The fourth-order valence-electron chi connectivity index (χ4n) is 1.27. The Balaban J connectivity index is 1.74. The molecule has 1 aliphatic heterocycles. The Kier molecular flexibility index (Phi) is 2.39. The van der Waals surface area contributed by atoms with Crippen LogP contribution < -0.4 is 5.32 Å². The first-order chi connectivity index (χ1) is 5.95. The van der Waals surface area contributed by atoms with Crippen molar-refractivity contribution in [3.63, 3.8) is 0 Å². The van der Waals surface area contributed by atoms with Crippen LogP contribution in [0.3, 0.4) is 0 Å². The van der Waals surface area contributed by atoms with Gasteiger partial charge in [0.2, 0.25) is 0 Å². The van der Waals surface area contributed by atoms with Gasteiger partial charge in [0, 0.05) is 12.6 Å². The van der Waals surface area contributed by atoms with E-state index in [1.165, 1.54) is 6.39 Å². The molecule has 1 aromatic rings. The Morgan fingerprint density at radius 1 is 1.67 bits per heavy atom. The van der Waals surface area contributed by atoms with E-state index in [1.54, 1.807) is 6.20 Å². The summed E-state index contributed by atoms with van der Waals surface area (Å²) in [6.07, 6.45) is 4.26. The second-order valence-electron chi connectivity index (χ2n) is 2.91. The number of ether oxygens (including phenoxy) is 1. The normalized spacial score (nSPS) is 23.2. The Morgan fingerprint density at radius 2 is 2.67 bits per heavy atom. The van der Waals surface area contributed by atoms with Crippen molar-refractivity contribution < 1.29 is 9.15 Å². The zero-order valence-electron chi connectivity index (χ0n) is 6.82. The monoisotopic (exact) mass is 168 g/mol. The first-order valence-corrected chi connectivity index (χ1v) is 4.13. The second kappa shape index (κ2) is 3.69. The molecule has 1 aliphatic rings. The first-order valence-electron chi connectivity index (χ1n) is 4.13. The average molecular weight is 168 g/mol. The SMILES string of the molecule is c1ncc(CNC2CCOC2)o1. The van der Waals surface area contributed by atoms with Gasteiger partial charge in [0.05, 0.1) is 19.3 Å². The van der Waals surface area contributed by atoms with Crippen LogP contribution in [0.15, 0.2) is 17.0 Å². The van der Waals surface area contributed by atoms with E-state index in [0.717, 1.165) is 31.9 Å². The van der Waals surface area contributed by atoms with Gasteiger partial charge in [-0.1, -0.05) is 0 Å². The Morgan fingerprint density at radius 3 is 3.33 bits per heavy atom. The van der Waals surface area contributed by atoms with Crippen LogP contribution in [0.25, 0.3) is 0 Å². The van der Waals surface area contributed by atoms with Crippen molar-refractivity contribution in [2.75, 3.05) is 13.2 Å². The van der Waals surface area contributed by atoms with Crippen molar-refractivity contribution in [1.29, 1.82) is 0 Å². The Bertz CT molecular complexity index is 217. The highest BCUT2D eigenvalue weighted by atomic mass is 16.5. The predicted octanol–water partition coefficient (Wildman–Crippen LogP) is 0.553. The van der Waals surface area contributed by atoms with Gasteiger partial charge in [-0.25, -0.2) is 4.98 Å². The maximum atomic E-state index is 5.22. The summed E-state index contributed by atoms with van der Waals surface area (Å²) in [6.45, 7) is 2.43. The fourth-order valence-corrected chi connectivity index (χ4v) is 1.27. The van der Waals surface area contributed by atoms with Crippen LogP contribution in [-0.4, -0.2) is 24.2 Å². The van der Waals surface area contributed by atoms with Crippen molar-refractivity contribution >= 4 is 0 Å². The number of hydrogen-bond donors (Lipinski definition) is 1. The number of aromatic nitrogens is 1. The standard InChI is InChI=1S/C8H12N2O2/c1-2-11-5-7(1)10-4-8-3-9-6-12-8/h3,6-7,10H,1-2,4-5H2. The molecule has 0 amide bonds. The van der Waals surface area contributed by atoms with E-state index >= 15 is 0 Å². The van der Waals surface area contributed by atoms with Crippen molar-refractivity contribution in [3.8, 4) is 0 Å². The van der Waals surface area contributed by atoms with Gasteiger partial charge in [-0.3, -0.25) is 0 Å². The lowest BCUT2D eigenvalue weighted by Gasteiger charge is -2.07. The summed E-state index contributed by atoms with van der Waals surface area (Å²) in [5.74, 6) is 0.877. The summed E-state index contributed by atoms with van der Waals surface area (Å²) in [6, 6.07) is 0.482. The molecule has 4 heteroatoms. The third-order valence-electron chi connectivity index (χ3n) is 1.98. The van der Waals surface area contributed by atoms with Crippen molar-refractivity contribution in [1.82, 2.24) is 10.3 Å². The Hall–Kier alpha value is -0.870. The maximum Gasteiger partial charge on any atom is 0.180 e. The molecule has 1 fully saturated rings. The van der Waals surface area contributed by atoms with Gasteiger partial charge in [-0.05, 0) is 6.42 Å². The topological polar surface area (TPSA) is 47.3 Å². The van der Waals surface area contributed by atoms with Crippen molar-refractivity contribution in [2.24, 2.45) is 0 Å². The molecule has 12 heavy (non-hydrogen) atoms. The maximum absolute atomic E-state index is 5.22. The molecule has 1 atom stereocenters. The highest BCUT2D eigenvalue weighted by Gasteiger charge is 2.14. The van der Waals surface area contributed by atoms with Gasteiger partial charge in [0.15, 0.2) is 6.39 Å². The van der Waals surface area contributed by atoms with Crippen LogP contribution in [0.2, 0.25) is 0 Å². The number of oxazole rings is 1. The number of rotatable bonds is 3. The van der Waals surface area contributed by atoms with Crippen LogP contribution in [0, 0.1) is 0 Å². The molecule has 1 N–H and O–H groups in total. The third-order valence-corrected chi connectivity index (χ3v) is 1.98. The molecule has 1 aromatic heterocycles. The summed E-state index contributed by atoms with van der Waals surface area (Å²) >= 11 is 0. The third kappa shape index (κ3) is 1.84. The van der Waals surface area contributed by atoms with Gasteiger partial charge >= 0.3 is 0 Å². The van der Waals surface area contributed by atoms with Crippen LogP contribution >= 0.6 is 0 Å². The van der Waals surface area contributed by atoms with Crippen LogP contribution in [-0.2, 0) is 11.3 Å². The lowest BCUT2D eigenvalue weighted by Crippen LogP contribution is -2.28. The average Bonchev–Trinajstić information content (AvgIpc) is 2.74. The molecule has 4 nitrogen and oxygen atoms in total. The lowest BCUT2D eigenvalue weighted by molar-refractivity contribution is 0.189. The van der Waals surface area contributed by atoms with Crippen LogP contribution in [0.4, 0.5) is 0 Å². The minimum atomic E-state index is 0.482. The largest absolute Gasteiger partial charge is 0.447 e. The van der Waals surface area contributed by atoms with Gasteiger partial charge in [0.25, 0.3) is 0 Å². The molecule has 0 saturated carbocycles. The lowest BCUT2D eigenvalue weighted by atomic mass is 10.2. The molecule has 66 valence electrons. The fraction of sp³-hybridized carbons (Fsp3) is 0.625. The molecule has 0 radical (unpaired) electrons. The molecule has 0 aromatic carbocycles. The molecule has 0 aliphatic carbocycles. The predicted molar refractivity (Wildman–Crippen MR) is 42.6 cm³/mol. The minimum Gasteiger partial charge on any atom is -0.447 e. The zero-order chi connectivity index (χ0) is 8.23. The summed E-state index contributed by atoms with van der Waals surface area (Å²) in [7, 11) is 0. The molecule has 1 saturated heterocycles. The van der Waals surface area contributed by atoms with E-state index in [9.17, 15) is 0 Å². The summed E-state index contributed by atoms with van der Waals surface area (Å²) in [4.78, 5) is 3.83. The molecule has 0 bridgehead atoms. The van der Waals surface area contributed by atoms with Gasteiger partial charge in [0.1, 0.15) is 5.76 Å². The number of nitrogens with one attached hydrogen (secondary N) is 1. The first kappa shape index (κ1) is 7.76. The van der Waals surface area contributed by atoms with Gasteiger partial charge in [-0.15, -0.1) is 0 Å². The molecule has 2 rings (SSSR count). The van der Waals surface area contributed by atoms with E-state index in [2.05, 4.69) is 10.3 Å². The molecule has 0 spiro atoms. The zero-order valence-corrected chi connectivity index (χ0v) is 6.82. The highest BCUT2D eigenvalue weighted by molar-refractivity contribution is 4.88. The smallest absolute Gasteiger partial charge is 0.180 e. The van der Waals surface area contributed by atoms with E-state index < -0.39 is 0 Å².